The van der Waals surface area contributed by atoms with Gasteiger partial charge in [-0.2, -0.15) is 0 Å². The largest absolute Gasteiger partial charge is 0.461 e. The van der Waals surface area contributed by atoms with Crippen LogP contribution < -0.4 is 4.72 Å². The highest BCUT2D eigenvalue weighted by atomic mass is 32.2. The summed E-state index contributed by atoms with van der Waals surface area (Å²) in [6, 6.07) is 6.32. The van der Waals surface area contributed by atoms with Crippen LogP contribution in [0.25, 0.3) is 0 Å². The van der Waals surface area contributed by atoms with Gasteiger partial charge in [0.15, 0.2) is 0 Å². The van der Waals surface area contributed by atoms with E-state index >= 15 is 0 Å². The second-order valence-corrected chi connectivity index (χ2v) is 6.83. The number of aryl methyl sites for hydroxylation is 1. The molecule has 6 heteroatoms. The van der Waals surface area contributed by atoms with E-state index in [-0.39, 0.29) is 23.0 Å². The van der Waals surface area contributed by atoms with Gasteiger partial charge in [0, 0.05) is 6.92 Å². The van der Waals surface area contributed by atoms with Crippen molar-refractivity contribution in [3.05, 3.63) is 29.8 Å². The Morgan fingerprint density at radius 1 is 1.25 bits per heavy atom. The molecule has 0 aliphatic heterocycles. The summed E-state index contributed by atoms with van der Waals surface area (Å²) in [5, 5.41) is 0. The maximum atomic E-state index is 12.3. The summed E-state index contributed by atoms with van der Waals surface area (Å²) in [7, 11) is -3.57. The van der Waals surface area contributed by atoms with Gasteiger partial charge in [-0.1, -0.05) is 17.7 Å². The molecule has 0 unspecified atom stereocenters. The zero-order chi connectivity index (χ0) is 14.8. The number of benzene rings is 1. The molecule has 1 N–H and O–H groups in total. The molecule has 110 valence electrons. The fourth-order valence-corrected chi connectivity index (χ4v) is 3.70. The minimum absolute atomic E-state index is 0.233. The molecule has 0 aromatic heterocycles. The van der Waals surface area contributed by atoms with Crippen LogP contribution in [0.2, 0.25) is 0 Å². The Kier molecular flexibility index (Phi) is 4.45. The highest BCUT2D eigenvalue weighted by molar-refractivity contribution is 7.89. The Morgan fingerprint density at radius 2 is 1.90 bits per heavy atom. The first-order valence-corrected chi connectivity index (χ1v) is 8.13. The molecular formula is C14H19NO4S. The Balaban J connectivity index is 2.11. The van der Waals surface area contributed by atoms with Gasteiger partial charge in [0.25, 0.3) is 0 Å². The van der Waals surface area contributed by atoms with Crippen molar-refractivity contribution in [3.8, 4) is 0 Å². The summed E-state index contributed by atoms with van der Waals surface area (Å²) < 4.78 is 32.4. The lowest BCUT2D eigenvalue weighted by Crippen LogP contribution is -2.41. The number of carbonyl (C=O) groups is 1. The molecule has 1 aromatic rings. The lowest BCUT2D eigenvalue weighted by molar-refractivity contribution is -0.146. The maximum Gasteiger partial charge on any atom is 0.302 e. The van der Waals surface area contributed by atoms with E-state index < -0.39 is 10.0 Å². The summed E-state index contributed by atoms with van der Waals surface area (Å²) >= 11 is 0. The van der Waals surface area contributed by atoms with E-state index in [9.17, 15) is 13.2 Å². The highest BCUT2D eigenvalue weighted by Crippen LogP contribution is 2.24. The third-order valence-electron chi connectivity index (χ3n) is 3.41. The molecule has 0 spiro atoms. The monoisotopic (exact) mass is 297 g/mol. The van der Waals surface area contributed by atoms with Crippen LogP contribution in [0.15, 0.2) is 29.2 Å². The summed E-state index contributed by atoms with van der Waals surface area (Å²) in [5.41, 5.74) is 1.00. The zero-order valence-corrected chi connectivity index (χ0v) is 12.4. The molecule has 1 aliphatic carbocycles. The molecule has 0 amide bonds. The minimum Gasteiger partial charge on any atom is -0.461 e. The predicted octanol–water partition coefficient (Wildman–Crippen LogP) is 1.76. The molecule has 1 aliphatic rings. The van der Waals surface area contributed by atoms with E-state index in [1.54, 1.807) is 24.3 Å². The van der Waals surface area contributed by atoms with Crippen LogP contribution in [0.4, 0.5) is 0 Å². The molecule has 0 bridgehead atoms. The van der Waals surface area contributed by atoms with Gasteiger partial charge in [-0.15, -0.1) is 0 Å². The molecule has 0 radical (unpaired) electrons. The number of rotatable bonds is 4. The molecule has 20 heavy (non-hydrogen) atoms. The Morgan fingerprint density at radius 3 is 2.50 bits per heavy atom. The SMILES string of the molecule is CC(=O)O[C@@H]1CCC[C@H]1NS(=O)(=O)c1ccc(C)cc1. The van der Waals surface area contributed by atoms with E-state index in [2.05, 4.69) is 4.72 Å². The second kappa shape index (κ2) is 5.93. The van der Waals surface area contributed by atoms with Crippen molar-refractivity contribution in [3.63, 3.8) is 0 Å². The lowest BCUT2D eigenvalue weighted by Gasteiger charge is -2.20. The van der Waals surface area contributed by atoms with Crippen LogP contribution in [-0.4, -0.2) is 26.5 Å². The number of sulfonamides is 1. The van der Waals surface area contributed by atoms with E-state index in [1.807, 2.05) is 6.92 Å². The standard InChI is InChI=1S/C14H19NO4S/c1-10-6-8-12(9-7-10)20(17,18)15-13-4-3-5-14(13)19-11(2)16/h6-9,13-15H,3-5H2,1-2H3/t13-,14-/m1/s1. The van der Waals surface area contributed by atoms with Crippen molar-refractivity contribution in [1.82, 2.24) is 4.72 Å². The molecule has 1 saturated carbocycles. The third-order valence-corrected chi connectivity index (χ3v) is 4.91. The number of hydrogen-bond acceptors (Lipinski definition) is 4. The first-order valence-electron chi connectivity index (χ1n) is 6.65. The fraction of sp³-hybridized carbons (Fsp3) is 0.500. The Hall–Kier alpha value is -1.40. The van der Waals surface area contributed by atoms with E-state index in [1.165, 1.54) is 6.92 Å². The number of ether oxygens (including phenoxy) is 1. The number of esters is 1. The summed E-state index contributed by atoms with van der Waals surface area (Å²) in [5.74, 6) is -0.378. The molecule has 2 atom stereocenters. The molecule has 1 aromatic carbocycles. The number of nitrogens with one attached hydrogen (secondary N) is 1. The van der Waals surface area contributed by atoms with Crippen LogP contribution >= 0.6 is 0 Å². The third kappa shape index (κ3) is 3.58. The first kappa shape index (κ1) is 15.0. The smallest absolute Gasteiger partial charge is 0.302 e. The Labute approximate surface area is 119 Å². The quantitative estimate of drug-likeness (QED) is 0.860. The van der Waals surface area contributed by atoms with Gasteiger partial charge in [0.1, 0.15) is 6.10 Å². The van der Waals surface area contributed by atoms with Crippen LogP contribution in [-0.2, 0) is 19.6 Å². The normalized spacial score (nSPS) is 22.7. The van der Waals surface area contributed by atoms with Gasteiger partial charge in [0.05, 0.1) is 10.9 Å². The molecule has 1 fully saturated rings. The number of carbonyl (C=O) groups excluding carboxylic acids is 1. The topological polar surface area (TPSA) is 72.5 Å². The maximum absolute atomic E-state index is 12.3. The summed E-state index contributed by atoms with van der Waals surface area (Å²) in [4.78, 5) is 11.3. The summed E-state index contributed by atoms with van der Waals surface area (Å²) in [6.45, 7) is 3.24. The van der Waals surface area contributed by atoms with Crippen LogP contribution in [0, 0.1) is 6.92 Å². The van der Waals surface area contributed by atoms with Crippen molar-refractivity contribution < 1.29 is 17.9 Å². The van der Waals surface area contributed by atoms with Crippen molar-refractivity contribution in [1.29, 1.82) is 0 Å². The van der Waals surface area contributed by atoms with Gasteiger partial charge in [-0.25, -0.2) is 13.1 Å². The van der Waals surface area contributed by atoms with Crippen molar-refractivity contribution in [2.24, 2.45) is 0 Å². The minimum atomic E-state index is -3.57. The van der Waals surface area contributed by atoms with Crippen molar-refractivity contribution in [2.75, 3.05) is 0 Å². The molecule has 0 heterocycles. The highest BCUT2D eigenvalue weighted by Gasteiger charge is 2.33. The molecule has 2 rings (SSSR count). The average Bonchev–Trinajstić information content (AvgIpc) is 2.75. The van der Waals surface area contributed by atoms with Crippen molar-refractivity contribution >= 4 is 16.0 Å². The second-order valence-electron chi connectivity index (χ2n) is 5.12. The van der Waals surface area contributed by atoms with Gasteiger partial charge >= 0.3 is 5.97 Å². The predicted molar refractivity (Wildman–Crippen MR) is 74.7 cm³/mol. The van der Waals surface area contributed by atoms with Gasteiger partial charge in [-0.3, -0.25) is 4.79 Å². The molecular weight excluding hydrogens is 278 g/mol. The van der Waals surface area contributed by atoms with E-state index in [0.717, 1.165) is 12.0 Å². The van der Waals surface area contributed by atoms with Crippen molar-refractivity contribution in [2.45, 2.75) is 50.2 Å². The van der Waals surface area contributed by atoms with Gasteiger partial charge in [-0.05, 0) is 38.3 Å². The molecule has 0 saturated heterocycles. The Bertz CT molecular complexity index is 580. The summed E-state index contributed by atoms with van der Waals surface area (Å²) in [6.07, 6.45) is 1.86. The van der Waals surface area contributed by atoms with Gasteiger partial charge in [0.2, 0.25) is 10.0 Å². The zero-order valence-electron chi connectivity index (χ0n) is 11.6. The number of hydrogen-bond donors (Lipinski definition) is 1. The van der Waals surface area contributed by atoms with E-state index in [4.69, 9.17) is 4.74 Å². The van der Waals surface area contributed by atoms with Crippen LogP contribution in [0.3, 0.4) is 0 Å². The van der Waals surface area contributed by atoms with Crippen LogP contribution in [0.5, 0.6) is 0 Å². The lowest BCUT2D eigenvalue weighted by atomic mass is 10.2. The van der Waals surface area contributed by atoms with E-state index in [0.29, 0.717) is 12.8 Å². The van der Waals surface area contributed by atoms with Gasteiger partial charge < -0.3 is 4.74 Å². The average molecular weight is 297 g/mol. The first-order chi connectivity index (χ1) is 9.38. The fourth-order valence-electron chi connectivity index (χ4n) is 2.40. The molecule has 5 nitrogen and oxygen atoms in total. The van der Waals surface area contributed by atoms with Crippen LogP contribution in [0.1, 0.15) is 31.7 Å².